The van der Waals surface area contributed by atoms with Crippen LogP contribution in [0.5, 0.6) is 5.75 Å². The highest BCUT2D eigenvalue weighted by Crippen LogP contribution is 2.28. The van der Waals surface area contributed by atoms with Gasteiger partial charge in [0.05, 0.1) is 19.4 Å². The summed E-state index contributed by atoms with van der Waals surface area (Å²) in [6.45, 7) is 5.41. The number of carbonyl (C=O) groups excluding carboxylic acids is 2. The predicted molar refractivity (Wildman–Crippen MR) is 138 cm³/mol. The highest BCUT2D eigenvalue weighted by molar-refractivity contribution is 7.99. The number of carbonyl (C=O) groups is 2. The van der Waals surface area contributed by atoms with Gasteiger partial charge in [-0.1, -0.05) is 23.9 Å². The second-order valence-electron chi connectivity index (χ2n) is 8.88. The van der Waals surface area contributed by atoms with Crippen LogP contribution in [0.15, 0.2) is 54.1 Å². The number of morpholine rings is 1. The molecule has 2 N–H and O–H groups in total. The second kappa shape index (κ2) is 12.2. The zero-order valence-corrected chi connectivity index (χ0v) is 21.2. The molecule has 0 unspecified atom stereocenters. The van der Waals surface area contributed by atoms with Gasteiger partial charge >= 0.3 is 6.09 Å². The molecule has 2 aliphatic rings. The summed E-state index contributed by atoms with van der Waals surface area (Å²) in [4.78, 5) is 37.6. The maximum Gasteiger partial charge on any atom is 0.415 e. The molecule has 1 aromatic carbocycles. The Morgan fingerprint density at radius 3 is 2.51 bits per heavy atom. The Bertz CT molecular complexity index is 1160. The summed E-state index contributed by atoms with van der Waals surface area (Å²) in [5, 5.41) is 10.7. The molecule has 5 rings (SSSR count). The molecule has 11 nitrogen and oxygen atoms in total. The second-order valence-corrected chi connectivity index (χ2v) is 10.2. The van der Waals surface area contributed by atoms with Crippen LogP contribution in [-0.4, -0.2) is 86.6 Å². The number of anilines is 1. The first kappa shape index (κ1) is 25.2. The number of nitrogens with zero attached hydrogens (tertiary/aromatic N) is 5. The maximum absolute atomic E-state index is 12.6. The van der Waals surface area contributed by atoms with Crippen molar-refractivity contribution in [3.05, 3.63) is 60.0 Å². The third kappa shape index (κ3) is 7.06. The summed E-state index contributed by atoms with van der Waals surface area (Å²) in [7, 11) is 0. The Kier molecular flexibility index (Phi) is 8.28. The van der Waals surface area contributed by atoms with Crippen molar-refractivity contribution in [1.29, 1.82) is 0 Å². The Labute approximate surface area is 218 Å². The Hall–Kier alpha value is -3.48. The number of hydrogen-bond acceptors (Lipinski definition) is 9. The van der Waals surface area contributed by atoms with Gasteiger partial charge < -0.3 is 19.7 Å². The number of piperidine rings is 1. The number of rotatable bonds is 7. The van der Waals surface area contributed by atoms with E-state index in [1.807, 2.05) is 24.3 Å². The molecular formula is C25H29N7O4S. The molecule has 3 aromatic rings. The van der Waals surface area contributed by atoms with E-state index in [9.17, 15) is 9.59 Å². The standard InChI is InChI=1S/C25H29N7O4S/c33-23(19-3-1-18(2-4-19)16-31-11-13-35-14-12-31)29-22-6-5-20(15-26-22)36-25(34)32-9-7-21(8-10-32)37-24-27-17-28-30-24/h1-6,15,17,21H,7-14,16H2,(H,26,29,33)(H,27,28,30). The van der Waals surface area contributed by atoms with Crippen molar-refractivity contribution in [2.75, 3.05) is 44.7 Å². The zero-order valence-electron chi connectivity index (χ0n) is 20.3. The number of thioether (sulfide) groups is 1. The van der Waals surface area contributed by atoms with Crippen LogP contribution in [-0.2, 0) is 11.3 Å². The third-order valence-electron chi connectivity index (χ3n) is 6.28. The number of aromatic nitrogens is 4. The van der Waals surface area contributed by atoms with Gasteiger partial charge in [0.25, 0.3) is 5.91 Å². The van der Waals surface area contributed by atoms with Crippen LogP contribution in [0.4, 0.5) is 10.6 Å². The first-order chi connectivity index (χ1) is 18.1. The number of benzene rings is 1. The fourth-order valence-corrected chi connectivity index (χ4v) is 5.19. The van der Waals surface area contributed by atoms with E-state index in [1.54, 1.807) is 28.8 Å². The van der Waals surface area contributed by atoms with Crippen LogP contribution in [0.2, 0.25) is 0 Å². The molecule has 2 amide bonds. The molecular weight excluding hydrogens is 494 g/mol. The number of ether oxygens (including phenoxy) is 2. The van der Waals surface area contributed by atoms with E-state index < -0.39 is 6.09 Å². The van der Waals surface area contributed by atoms with Gasteiger partial charge in [0.1, 0.15) is 12.1 Å². The first-order valence-corrected chi connectivity index (χ1v) is 13.2. The van der Waals surface area contributed by atoms with E-state index in [0.717, 1.165) is 56.4 Å². The van der Waals surface area contributed by atoms with E-state index in [4.69, 9.17) is 9.47 Å². The Morgan fingerprint density at radius 2 is 1.84 bits per heavy atom. The molecule has 0 radical (unpaired) electrons. The van der Waals surface area contributed by atoms with Gasteiger partial charge in [-0.15, -0.1) is 0 Å². The molecule has 0 bridgehead atoms. The van der Waals surface area contributed by atoms with Crippen LogP contribution < -0.4 is 10.1 Å². The molecule has 194 valence electrons. The number of amides is 2. The van der Waals surface area contributed by atoms with Gasteiger partial charge in [0, 0.05) is 43.5 Å². The number of pyridine rings is 1. The number of aromatic amines is 1. The van der Waals surface area contributed by atoms with E-state index in [2.05, 4.69) is 30.4 Å². The molecule has 37 heavy (non-hydrogen) atoms. The lowest BCUT2D eigenvalue weighted by molar-refractivity contribution is 0.0342. The minimum Gasteiger partial charge on any atom is -0.409 e. The van der Waals surface area contributed by atoms with E-state index in [-0.39, 0.29) is 5.91 Å². The summed E-state index contributed by atoms with van der Waals surface area (Å²) in [6.07, 6.45) is 4.21. The van der Waals surface area contributed by atoms with Gasteiger partial charge in [0.2, 0.25) is 0 Å². The van der Waals surface area contributed by atoms with Crippen LogP contribution >= 0.6 is 11.8 Å². The predicted octanol–water partition coefficient (Wildman–Crippen LogP) is 3.04. The Morgan fingerprint density at radius 1 is 1.05 bits per heavy atom. The van der Waals surface area contributed by atoms with Crippen LogP contribution in [0.25, 0.3) is 0 Å². The minimum absolute atomic E-state index is 0.249. The van der Waals surface area contributed by atoms with E-state index >= 15 is 0 Å². The van der Waals surface area contributed by atoms with Gasteiger partial charge in [0.15, 0.2) is 10.9 Å². The topological polar surface area (TPSA) is 126 Å². The molecule has 12 heteroatoms. The SMILES string of the molecule is O=C(Nc1ccc(OC(=O)N2CCC(Sc3ncn[nH]3)CC2)cn1)c1ccc(CN2CCOCC2)cc1. The molecule has 2 aliphatic heterocycles. The third-order valence-corrected chi connectivity index (χ3v) is 7.51. The van der Waals surface area contributed by atoms with Crippen molar-refractivity contribution in [3.63, 3.8) is 0 Å². The highest BCUT2D eigenvalue weighted by Gasteiger charge is 2.25. The fraction of sp³-hybridized carbons (Fsp3) is 0.400. The summed E-state index contributed by atoms with van der Waals surface area (Å²) in [6, 6.07) is 10.8. The lowest BCUT2D eigenvalue weighted by Crippen LogP contribution is -2.40. The number of hydrogen-bond donors (Lipinski definition) is 2. The average Bonchev–Trinajstić information content (AvgIpc) is 3.44. The van der Waals surface area contributed by atoms with Crippen molar-refractivity contribution < 1.29 is 19.1 Å². The number of nitrogens with one attached hydrogen (secondary N) is 2. The van der Waals surface area contributed by atoms with Crippen LogP contribution in [0.3, 0.4) is 0 Å². The molecule has 4 heterocycles. The number of H-pyrrole nitrogens is 1. The molecule has 0 saturated carbocycles. The minimum atomic E-state index is -0.404. The molecule has 0 spiro atoms. The van der Waals surface area contributed by atoms with Gasteiger partial charge in [-0.3, -0.25) is 14.8 Å². The van der Waals surface area contributed by atoms with Gasteiger partial charge in [-0.2, -0.15) is 5.10 Å². The largest absolute Gasteiger partial charge is 0.415 e. The summed E-state index contributed by atoms with van der Waals surface area (Å²) < 4.78 is 10.9. The van der Waals surface area contributed by atoms with Crippen molar-refractivity contribution in [2.24, 2.45) is 0 Å². The quantitative estimate of drug-likeness (QED) is 0.481. The smallest absolute Gasteiger partial charge is 0.409 e. The summed E-state index contributed by atoms with van der Waals surface area (Å²) in [5.41, 5.74) is 1.70. The van der Waals surface area contributed by atoms with Gasteiger partial charge in [-0.05, 0) is 42.7 Å². The number of likely N-dealkylation sites (tertiary alicyclic amines) is 1. The lowest BCUT2D eigenvalue weighted by atomic mass is 10.1. The van der Waals surface area contributed by atoms with Crippen LogP contribution in [0, 0.1) is 0 Å². The molecule has 2 fully saturated rings. The van der Waals surface area contributed by atoms with Crippen molar-refractivity contribution in [2.45, 2.75) is 29.8 Å². The van der Waals surface area contributed by atoms with Crippen molar-refractivity contribution in [1.82, 2.24) is 30.0 Å². The summed E-state index contributed by atoms with van der Waals surface area (Å²) in [5.74, 6) is 0.460. The molecule has 2 saturated heterocycles. The first-order valence-electron chi connectivity index (χ1n) is 12.3. The van der Waals surface area contributed by atoms with Crippen LogP contribution in [0.1, 0.15) is 28.8 Å². The molecule has 2 aromatic heterocycles. The van der Waals surface area contributed by atoms with E-state index in [1.165, 1.54) is 12.5 Å². The van der Waals surface area contributed by atoms with E-state index in [0.29, 0.717) is 35.5 Å². The van der Waals surface area contributed by atoms with Gasteiger partial charge in [-0.25, -0.2) is 14.8 Å². The lowest BCUT2D eigenvalue weighted by Gasteiger charge is -2.30. The normalized spacial score (nSPS) is 16.9. The maximum atomic E-state index is 12.6. The zero-order chi connectivity index (χ0) is 25.5. The Balaban J connectivity index is 1.07. The highest BCUT2D eigenvalue weighted by atomic mass is 32.2. The molecule has 0 atom stereocenters. The monoisotopic (exact) mass is 523 g/mol. The molecule has 0 aliphatic carbocycles. The van der Waals surface area contributed by atoms with Crippen molar-refractivity contribution in [3.8, 4) is 5.75 Å². The van der Waals surface area contributed by atoms with Crippen molar-refractivity contribution >= 4 is 29.6 Å². The average molecular weight is 524 g/mol. The fourth-order valence-electron chi connectivity index (χ4n) is 4.21. The summed E-state index contributed by atoms with van der Waals surface area (Å²) >= 11 is 1.64.